The highest BCUT2D eigenvalue weighted by molar-refractivity contribution is 7.91. The lowest BCUT2D eigenvalue weighted by molar-refractivity contribution is -0.137. The van der Waals surface area contributed by atoms with Crippen LogP contribution in [0.25, 0.3) is 11.1 Å². The Kier molecular flexibility index (Phi) is 5.72. The number of hydrogen-bond donors (Lipinski definition) is 0. The first kappa shape index (κ1) is 24.2. The number of halogens is 3. The van der Waals surface area contributed by atoms with Gasteiger partial charge in [0.05, 0.1) is 26.8 Å². The van der Waals surface area contributed by atoms with E-state index >= 15 is 0 Å². The molecule has 10 heteroatoms. The lowest BCUT2D eigenvalue weighted by Crippen LogP contribution is -2.13. The van der Waals surface area contributed by atoms with Crippen molar-refractivity contribution < 1.29 is 30.0 Å². The molecule has 5 nitrogen and oxygen atoms in total. The second kappa shape index (κ2) is 8.06. The normalized spacial score (nSPS) is 14.8. The van der Waals surface area contributed by atoms with E-state index in [0.717, 1.165) is 24.1 Å². The van der Waals surface area contributed by atoms with Gasteiger partial charge in [-0.05, 0) is 36.2 Å². The second-order valence-corrected chi connectivity index (χ2v) is 12.0. The Morgan fingerprint density at radius 1 is 0.765 bits per heavy atom. The molecule has 0 fully saturated rings. The number of benzene rings is 3. The van der Waals surface area contributed by atoms with Crippen LogP contribution >= 0.6 is 0 Å². The monoisotopic (exact) mass is 507 g/mol. The summed E-state index contributed by atoms with van der Waals surface area (Å²) in [5.74, 6) is 0. The van der Waals surface area contributed by atoms with E-state index in [2.05, 4.69) is 4.99 Å². The lowest BCUT2D eigenvalue weighted by Gasteiger charge is -2.16. The van der Waals surface area contributed by atoms with Gasteiger partial charge in [0.15, 0.2) is 19.7 Å². The molecule has 0 heterocycles. The average Bonchev–Trinajstić information content (AvgIpc) is 3.05. The van der Waals surface area contributed by atoms with Gasteiger partial charge < -0.3 is 0 Å². The molecule has 0 spiro atoms. The minimum Gasteiger partial charge on any atom is -0.247 e. The van der Waals surface area contributed by atoms with Crippen LogP contribution < -0.4 is 0 Å². The second-order valence-electron chi connectivity index (χ2n) is 8.02. The van der Waals surface area contributed by atoms with E-state index in [9.17, 15) is 30.0 Å². The van der Waals surface area contributed by atoms with Crippen molar-refractivity contribution in [3.63, 3.8) is 0 Å². The Balaban J connectivity index is 2.27. The highest BCUT2D eigenvalue weighted by Gasteiger charge is 2.43. The molecule has 4 rings (SSSR count). The molecule has 178 valence electrons. The smallest absolute Gasteiger partial charge is 0.247 e. The van der Waals surface area contributed by atoms with E-state index in [-0.39, 0.29) is 32.2 Å². The minimum absolute atomic E-state index is 0.0112. The quantitative estimate of drug-likeness (QED) is 0.379. The van der Waals surface area contributed by atoms with E-state index < -0.39 is 37.0 Å². The third kappa shape index (κ3) is 4.05. The van der Waals surface area contributed by atoms with E-state index in [1.165, 1.54) is 18.2 Å². The molecule has 0 saturated carbocycles. The van der Waals surface area contributed by atoms with Crippen molar-refractivity contribution in [3.8, 4) is 11.1 Å². The number of aryl methyl sites for hydroxylation is 1. The van der Waals surface area contributed by atoms with E-state index in [1.807, 2.05) is 13.0 Å². The number of aliphatic imine (C=N–C) groups is 1. The molecular formula is C24H20F3NO4S2. The highest BCUT2D eigenvalue weighted by Crippen LogP contribution is 2.50. The van der Waals surface area contributed by atoms with Gasteiger partial charge in [0.25, 0.3) is 0 Å². The molecule has 0 N–H and O–H groups in total. The summed E-state index contributed by atoms with van der Waals surface area (Å²) < 4.78 is 92.8. The van der Waals surface area contributed by atoms with Gasteiger partial charge in [-0.15, -0.1) is 0 Å². The number of nitrogens with zero attached hydrogens (tertiary/aromatic N) is 1. The molecule has 0 bridgehead atoms. The SMILES string of the molecule is CCc1ccccc1N=C1c2cccc(S(C)(=O)=O)c2-c2c(C(F)(F)F)ccc(S(C)(=O)=O)c21. The number of sulfone groups is 2. The van der Waals surface area contributed by atoms with E-state index in [1.54, 1.807) is 18.2 Å². The highest BCUT2D eigenvalue weighted by atomic mass is 32.2. The summed E-state index contributed by atoms with van der Waals surface area (Å²) in [7, 11) is -7.96. The zero-order valence-electron chi connectivity index (χ0n) is 18.4. The van der Waals surface area contributed by atoms with E-state index in [4.69, 9.17) is 0 Å². The lowest BCUT2D eigenvalue weighted by atomic mass is 9.99. The topological polar surface area (TPSA) is 80.6 Å². The van der Waals surface area contributed by atoms with Crippen LogP contribution in [0.4, 0.5) is 18.9 Å². The van der Waals surface area contributed by atoms with Crippen molar-refractivity contribution in [3.05, 3.63) is 76.9 Å². The Labute approximate surface area is 195 Å². The van der Waals surface area contributed by atoms with Crippen molar-refractivity contribution in [1.29, 1.82) is 0 Å². The van der Waals surface area contributed by atoms with Gasteiger partial charge in [0.2, 0.25) is 0 Å². The maximum Gasteiger partial charge on any atom is 0.417 e. The fourth-order valence-electron chi connectivity index (χ4n) is 4.21. The van der Waals surface area contributed by atoms with E-state index in [0.29, 0.717) is 18.2 Å². The summed E-state index contributed by atoms with van der Waals surface area (Å²) >= 11 is 0. The molecule has 1 aliphatic carbocycles. The van der Waals surface area contributed by atoms with Crippen LogP contribution in [0.5, 0.6) is 0 Å². The molecule has 0 atom stereocenters. The average molecular weight is 508 g/mol. The van der Waals surface area contributed by atoms with Gasteiger partial charge in [-0.1, -0.05) is 37.3 Å². The molecule has 0 radical (unpaired) electrons. The maximum atomic E-state index is 14.1. The Hall–Kier alpha value is -2.98. The van der Waals surface area contributed by atoms with Gasteiger partial charge in [0.1, 0.15) is 0 Å². The van der Waals surface area contributed by atoms with Gasteiger partial charge in [0, 0.05) is 34.8 Å². The molecule has 3 aromatic rings. The van der Waals surface area contributed by atoms with Gasteiger partial charge >= 0.3 is 6.18 Å². The predicted octanol–water partition coefficient (Wildman–Crippen LogP) is 5.22. The Bertz CT molecular complexity index is 1570. The standard InChI is InChI=1S/C24H20F3NO4S2/c1-4-14-8-5-6-10-17(14)28-23-15-9-7-11-18(33(2,29)30)20(15)21-16(24(25,26)27)12-13-19(22(21)23)34(3,31)32/h5-13H,4H2,1-3H3. The zero-order valence-corrected chi connectivity index (χ0v) is 20.1. The molecule has 1 aliphatic rings. The van der Waals surface area contributed by atoms with Crippen LogP contribution in [0.3, 0.4) is 0 Å². The number of para-hydroxylation sites is 1. The Morgan fingerprint density at radius 2 is 1.38 bits per heavy atom. The molecule has 0 saturated heterocycles. The number of alkyl halides is 3. The summed E-state index contributed by atoms with van der Waals surface area (Å²) in [6, 6.07) is 12.7. The molecular weight excluding hydrogens is 487 g/mol. The van der Waals surface area contributed by atoms with Crippen LogP contribution in [0.15, 0.2) is 69.4 Å². The summed E-state index contributed by atoms with van der Waals surface area (Å²) in [4.78, 5) is 3.95. The first-order valence-corrected chi connectivity index (χ1v) is 14.0. The minimum atomic E-state index is -4.86. The molecule has 0 aliphatic heterocycles. The molecule has 0 unspecified atom stereocenters. The van der Waals surface area contributed by atoms with Crippen molar-refractivity contribution in [2.24, 2.45) is 4.99 Å². The fourth-order valence-corrected chi connectivity index (χ4v) is 6.00. The Morgan fingerprint density at radius 3 is 1.97 bits per heavy atom. The summed E-state index contributed by atoms with van der Waals surface area (Å²) in [5, 5.41) is 0. The molecule has 0 amide bonds. The van der Waals surface area contributed by atoms with Gasteiger partial charge in [-0.3, -0.25) is 0 Å². The zero-order chi connectivity index (χ0) is 25.1. The largest absolute Gasteiger partial charge is 0.417 e. The molecule has 0 aromatic heterocycles. The maximum absolute atomic E-state index is 14.1. The third-order valence-electron chi connectivity index (χ3n) is 5.64. The van der Waals surface area contributed by atoms with Crippen LogP contribution in [-0.4, -0.2) is 35.1 Å². The van der Waals surface area contributed by atoms with Crippen molar-refractivity contribution in [2.75, 3.05) is 12.5 Å². The summed E-state index contributed by atoms with van der Waals surface area (Å²) in [5.41, 5.74) is -0.661. The first-order chi connectivity index (χ1) is 15.7. The van der Waals surface area contributed by atoms with Crippen LogP contribution in [-0.2, 0) is 32.3 Å². The summed E-state index contributed by atoms with van der Waals surface area (Å²) in [6.45, 7) is 1.89. The van der Waals surface area contributed by atoms with Gasteiger partial charge in [-0.25, -0.2) is 21.8 Å². The van der Waals surface area contributed by atoms with Crippen molar-refractivity contribution in [1.82, 2.24) is 0 Å². The number of hydrogen-bond acceptors (Lipinski definition) is 5. The van der Waals surface area contributed by atoms with Gasteiger partial charge in [-0.2, -0.15) is 13.2 Å². The van der Waals surface area contributed by atoms with Crippen LogP contribution in [0, 0.1) is 0 Å². The molecule has 34 heavy (non-hydrogen) atoms. The third-order valence-corrected chi connectivity index (χ3v) is 7.92. The first-order valence-electron chi connectivity index (χ1n) is 10.2. The van der Waals surface area contributed by atoms with Crippen molar-refractivity contribution in [2.45, 2.75) is 29.3 Å². The predicted molar refractivity (Wildman–Crippen MR) is 124 cm³/mol. The number of rotatable bonds is 4. The van der Waals surface area contributed by atoms with Crippen LogP contribution in [0.2, 0.25) is 0 Å². The molecule has 3 aromatic carbocycles. The van der Waals surface area contributed by atoms with Crippen molar-refractivity contribution >= 4 is 31.1 Å². The number of fused-ring (bicyclic) bond motifs is 3. The summed E-state index contributed by atoms with van der Waals surface area (Å²) in [6.07, 6.45) is -2.48. The fraction of sp³-hybridized carbons (Fsp3) is 0.208. The van der Waals surface area contributed by atoms with Crippen LogP contribution in [0.1, 0.15) is 29.2 Å².